The Morgan fingerprint density at radius 1 is 1.00 bits per heavy atom. The van der Waals surface area contributed by atoms with E-state index in [1.54, 1.807) is 24.6 Å². The van der Waals surface area contributed by atoms with E-state index in [1.165, 1.54) is 19.1 Å². The number of fused-ring (bicyclic) bond motifs is 1. The van der Waals surface area contributed by atoms with Gasteiger partial charge in [-0.1, -0.05) is 18.2 Å². The molecule has 0 saturated carbocycles. The average Bonchev–Trinajstić information content (AvgIpc) is 3.30. The van der Waals surface area contributed by atoms with Crippen LogP contribution in [0.3, 0.4) is 0 Å². The minimum Gasteiger partial charge on any atom is -0.488 e. The van der Waals surface area contributed by atoms with Gasteiger partial charge in [-0.25, -0.2) is 4.39 Å². The van der Waals surface area contributed by atoms with Gasteiger partial charge < -0.3 is 13.9 Å². The second kappa shape index (κ2) is 10.3. The number of pyridine rings is 1. The normalized spacial score (nSPS) is 11.0. The fourth-order valence-electron chi connectivity index (χ4n) is 3.90. The highest BCUT2D eigenvalue weighted by atomic mass is 19.1. The number of furan rings is 1. The van der Waals surface area contributed by atoms with Crippen molar-refractivity contribution >= 4 is 16.8 Å². The van der Waals surface area contributed by atoms with E-state index in [4.69, 9.17) is 13.9 Å². The number of aryl methyl sites for hydroxylation is 2. The lowest BCUT2D eigenvalue weighted by Gasteiger charge is -2.18. The van der Waals surface area contributed by atoms with E-state index in [1.807, 2.05) is 31.2 Å². The number of ketones is 1. The number of hydrogen-bond acceptors (Lipinski definition) is 5. The minimum absolute atomic E-state index is 0.0976. The molecule has 0 radical (unpaired) electrons. The third-order valence-electron chi connectivity index (χ3n) is 5.54. The highest BCUT2D eigenvalue weighted by Gasteiger charge is 2.24. The molecule has 0 atom stereocenters. The van der Waals surface area contributed by atoms with Crippen molar-refractivity contribution in [2.75, 3.05) is 13.2 Å². The highest BCUT2D eigenvalue weighted by Crippen LogP contribution is 2.43. The van der Waals surface area contributed by atoms with Gasteiger partial charge in [0.25, 0.3) is 0 Å². The third-order valence-corrected chi connectivity index (χ3v) is 5.54. The standard InChI is InChI=1S/C27H26FNO4/c1-18-23-13-17-32-25(23)27(31-15-5-6-20-8-10-21(28)11-9-20)26(24(18)19(2)30)33-16-12-22-7-3-4-14-29-22/h3-4,7-11,13-14,17H,5-6,12,15-16H2,1-2H3. The zero-order valence-electron chi connectivity index (χ0n) is 18.8. The molecule has 0 N–H and O–H groups in total. The van der Waals surface area contributed by atoms with Crippen LogP contribution in [-0.2, 0) is 12.8 Å². The number of ether oxygens (including phenoxy) is 2. The van der Waals surface area contributed by atoms with Crippen LogP contribution < -0.4 is 9.47 Å². The Kier molecular flexibility index (Phi) is 7.03. The van der Waals surface area contributed by atoms with Crippen LogP contribution in [0, 0.1) is 12.7 Å². The van der Waals surface area contributed by atoms with Crippen LogP contribution in [0.1, 0.15) is 40.5 Å². The smallest absolute Gasteiger partial charge is 0.205 e. The van der Waals surface area contributed by atoms with Crippen molar-refractivity contribution in [1.29, 1.82) is 0 Å². The van der Waals surface area contributed by atoms with E-state index in [2.05, 4.69) is 4.98 Å². The summed E-state index contributed by atoms with van der Waals surface area (Å²) >= 11 is 0. The second-order valence-electron chi connectivity index (χ2n) is 7.88. The number of Topliss-reactive ketones (excluding diaryl/α,β-unsaturated/α-hetero) is 1. The molecule has 170 valence electrons. The number of carbonyl (C=O) groups is 1. The summed E-state index contributed by atoms with van der Waals surface area (Å²) in [4.78, 5) is 16.9. The van der Waals surface area contributed by atoms with Gasteiger partial charge in [-0.15, -0.1) is 0 Å². The van der Waals surface area contributed by atoms with Gasteiger partial charge in [-0.05, 0) is 68.1 Å². The Morgan fingerprint density at radius 3 is 2.52 bits per heavy atom. The first kappa shape index (κ1) is 22.5. The topological polar surface area (TPSA) is 61.6 Å². The van der Waals surface area contributed by atoms with E-state index in [9.17, 15) is 9.18 Å². The molecule has 0 amide bonds. The lowest BCUT2D eigenvalue weighted by Crippen LogP contribution is -2.11. The third kappa shape index (κ3) is 5.22. The van der Waals surface area contributed by atoms with E-state index in [-0.39, 0.29) is 11.6 Å². The average molecular weight is 448 g/mol. The summed E-state index contributed by atoms with van der Waals surface area (Å²) in [6.07, 6.45) is 5.38. The number of carbonyl (C=O) groups excluding carboxylic acids is 1. The fraction of sp³-hybridized carbons (Fsp3) is 0.259. The molecule has 0 spiro atoms. The first-order valence-electron chi connectivity index (χ1n) is 11.0. The molecule has 0 saturated heterocycles. The van der Waals surface area contributed by atoms with Crippen molar-refractivity contribution in [3.8, 4) is 11.5 Å². The quantitative estimate of drug-likeness (QED) is 0.217. The summed E-state index contributed by atoms with van der Waals surface area (Å²) in [5.74, 6) is 0.491. The fourth-order valence-corrected chi connectivity index (χ4v) is 3.90. The zero-order chi connectivity index (χ0) is 23.2. The van der Waals surface area contributed by atoms with Gasteiger partial charge in [0.05, 0.1) is 25.0 Å². The predicted octanol–water partition coefficient (Wildman–Crippen LogP) is 6.11. The van der Waals surface area contributed by atoms with E-state index in [0.717, 1.165) is 28.6 Å². The molecule has 2 aromatic carbocycles. The Morgan fingerprint density at radius 2 is 1.79 bits per heavy atom. The van der Waals surface area contributed by atoms with Gasteiger partial charge in [-0.3, -0.25) is 9.78 Å². The van der Waals surface area contributed by atoms with Crippen LogP contribution in [0.25, 0.3) is 11.0 Å². The summed E-state index contributed by atoms with van der Waals surface area (Å²) in [5, 5.41) is 0.825. The van der Waals surface area contributed by atoms with Gasteiger partial charge in [0, 0.05) is 23.7 Å². The molecular formula is C27H26FNO4. The summed E-state index contributed by atoms with van der Waals surface area (Å²) in [6, 6.07) is 14.0. The summed E-state index contributed by atoms with van der Waals surface area (Å²) in [5.41, 5.74) is 3.80. The molecule has 4 rings (SSSR count). The van der Waals surface area contributed by atoms with Gasteiger partial charge in [-0.2, -0.15) is 0 Å². The first-order valence-corrected chi connectivity index (χ1v) is 11.0. The van der Waals surface area contributed by atoms with Crippen molar-refractivity contribution in [1.82, 2.24) is 4.98 Å². The summed E-state index contributed by atoms with van der Waals surface area (Å²) in [6.45, 7) is 4.15. The Bertz CT molecular complexity index is 1230. The van der Waals surface area contributed by atoms with Crippen molar-refractivity contribution in [3.05, 3.63) is 89.2 Å². The number of nitrogens with zero attached hydrogens (tertiary/aromatic N) is 1. The number of halogens is 1. The summed E-state index contributed by atoms with van der Waals surface area (Å²) < 4.78 is 31.1. The SMILES string of the molecule is CC(=O)c1c(OCCc2ccccn2)c(OCCCc2ccc(F)cc2)c2occc2c1C. The molecule has 0 aliphatic carbocycles. The monoisotopic (exact) mass is 447 g/mol. The maximum Gasteiger partial charge on any atom is 0.205 e. The Labute approximate surface area is 192 Å². The maximum atomic E-state index is 13.1. The van der Waals surface area contributed by atoms with Gasteiger partial charge in [0.1, 0.15) is 5.82 Å². The molecule has 5 nitrogen and oxygen atoms in total. The number of rotatable bonds is 10. The number of hydrogen-bond donors (Lipinski definition) is 0. The predicted molar refractivity (Wildman–Crippen MR) is 125 cm³/mol. The molecule has 33 heavy (non-hydrogen) atoms. The molecule has 4 aromatic rings. The van der Waals surface area contributed by atoms with Crippen LogP contribution in [0.4, 0.5) is 4.39 Å². The van der Waals surface area contributed by atoms with Crippen molar-refractivity contribution < 1.29 is 23.1 Å². The van der Waals surface area contributed by atoms with Crippen molar-refractivity contribution in [2.45, 2.75) is 33.1 Å². The van der Waals surface area contributed by atoms with Crippen molar-refractivity contribution in [2.24, 2.45) is 0 Å². The first-order chi connectivity index (χ1) is 16.0. The van der Waals surface area contributed by atoms with Crippen LogP contribution in [0.15, 0.2) is 65.4 Å². The van der Waals surface area contributed by atoms with Crippen LogP contribution in [0.2, 0.25) is 0 Å². The second-order valence-corrected chi connectivity index (χ2v) is 7.88. The highest BCUT2D eigenvalue weighted by molar-refractivity contribution is 6.05. The molecule has 0 bridgehead atoms. The number of benzene rings is 2. The van der Waals surface area contributed by atoms with E-state index in [0.29, 0.717) is 48.7 Å². The lowest BCUT2D eigenvalue weighted by molar-refractivity contribution is 0.101. The van der Waals surface area contributed by atoms with E-state index >= 15 is 0 Å². The van der Waals surface area contributed by atoms with Crippen LogP contribution >= 0.6 is 0 Å². The zero-order valence-corrected chi connectivity index (χ0v) is 18.8. The molecule has 0 aliphatic heterocycles. The van der Waals surface area contributed by atoms with Gasteiger partial charge >= 0.3 is 0 Å². The number of aromatic nitrogens is 1. The molecule has 2 aromatic heterocycles. The molecular weight excluding hydrogens is 421 g/mol. The summed E-state index contributed by atoms with van der Waals surface area (Å²) in [7, 11) is 0. The van der Waals surface area contributed by atoms with Crippen LogP contribution in [0.5, 0.6) is 11.5 Å². The molecule has 6 heteroatoms. The van der Waals surface area contributed by atoms with Gasteiger partial charge in [0.15, 0.2) is 17.1 Å². The Balaban J connectivity index is 1.56. The lowest BCUT2D eigenvalue weighted by atomic mass is 9.99. The molecule has 2 heterocycles. The van der Waals surface area contributed by atoms with Crippen LogP contribution in [-0.4, -0.2) is 24.0 Å². The molecule has 0 aliphatic rings. The minimum atomic E-state index is -0.251. The van der Waals surface area contributed by atoms with Gasteiger partial charge in [0.2, 0.25) is 5.75 Å². The molecule has 0 fully saturated rings. The van der Waals surface area contributed by atoms with E-state index < -0.39 is 0 Å². The Hall–Kier alpha value is -3.67. The molecule has 0 unspecified atom stereocenters. The maximum absolute atomic E-state index is 13.1. The largest absolute Gasteiger partial charge is 0.488 e. The van der Waals surface area contributed by atoms with Crippen molar-refractivity contribution in [3.63, 3.8) is 0 Å².